The summed E-state index contributed by atoms with van der Waals surface area (Å²) in [6.45, 7) is 3.69. The lowest BCUT2D eigenvalue weighted by molar-refractivity contribution is -0.302. The van der Waals surface area contributed by atoms with Gasteiger partial charge in [-0.15, -0.1) is 0 Å². The first-order chi connectivity index (χ1) is 47.3. The molecule has 0 aliphatic carbocycles. The number of aliphatic hydroxyl groups excluding tert-OH is 5. The second kappa shape index (κ2) is 73.8. The van der Waals surface area contributed by atoms with Gasteiger partial charge >= 0.3 is 0 Å². The fourth-order valence-corrected chi connectivity index (χ4v) is 12.0. The Hall–Kier alpha value is -3.93. The highest BCUT2D eigenvalue weighted by molar-refractivity contribution is 5.76. The van der Waals surface area contributed by atoms with Gasteiger partial charge in [-0.3, -0.25) is 4.79 Å². The first-order valence-corrected chi connectivity index (χ1v) is 40.1. The molecule has 9 heteroatoms. The molecule has 1 heterocycles. The zero-order valence-electron chi connectivity index (χ0n) is 61.8. The lowest BCUT2D eigenvalue weighted by atomic mass is 9.99. The van der Waals surface area contributed by atoms with Crippen molar-refractivity contribution in [3.05, 3.63) is 146 Å². The van der Waals surface area contributed by atoms with Crippen molar-refractivity contribution in [1.29, 1.82) is 0 Å². The average Bonchev–Trinajstić information content (AvgIpc) is 0.840. The third kappa shape index (κ3) is 61.2. The third-order valence-corrected chi connectivity index (χ3v) is 18.2. The van der Waals surface area contributed by atoms with Crippen LogP contribution in [0.15, 0.2) is 146 Å². The van der Waals surface area contributed by atoms with Crippen molar-refractivity contribution in [3.8, 4) is 0 Å². The van der Waals surface area contributed by atoms with Crippen LogP contribution in [0.5, 0.6) is 0 Å². The third-order valence-electron chi connectivity index (χ3n) is 18.2. The van der Waals surface area contributed by atoms with Gasteiger partial charge in [0.25, 0.3) is 0 Å². The van der Waals surface area contributed by atoms with Gasteiger partial charge < -0.3 is 40.3 Å². The molecule has 1 rings (SSSR count). The first-order valence-electron chi connectivity index (χ1n) is 40.1. The summed E-state index contributed by atoms with van der Waals surface area (Å²) >= 11 is 0. The topological polar surface area (TPSA) is 149 Å². The summed E-state index contributed by atoms with van der Waals surface area (Å²) in [5.74, 6) is -0.190. The highest BCUT2D eigenvalue weighted by Crippen LogP contribution is 2.23. The van der Waals surface area contributed by atoms with Crippen molar-refractivity contribution in [2.45, 2.75) is 384 Å². The number of carbonyl (C=O) groups excluding carboxylic acids is 1. The molecule has 0 aromatic heterocycles. The molecule has 7 atom stereocenters. The maximum atomic E-state index is 13.2. The van der Waals surface area contributed by atoms with Crippen molar-refractivity contribution in [2.75, 3.05) is 13.2 Å². The molecule has 6 N–H and O–H groups in total. The van der Waals surface area contributed by atoms with Crippen molar-refractivity contribution in [2.24, 2.45) is 0 Å². The Balaban J connectivity index is 2.13. The van der Waals surface area contributed by atoms with Gasteiger partial charge in [0.15, 0.2) is 6.29 Å². The molecule has 1 saturated heterocycles. The predicted molar refractivity (Wildman–Crippen MR) is 414 cm³/mol. The minimum absolute atomic E-state index is 0.190. The van der Waals surface area contributed by atoms with Gasteiger partial charge in [-0.05, 0) is 103 Å². The molecule has 1 aliphatic rings. The van der Waals surface area contributed by atoms with Crippen LogP contribution in [0.4, 0.5) is 0 Å². The minimum atomic E-state index is -1.58. The second-order valence-corrected chi connectivity index (χ2v) is 27.1. The van der Waals surface area contributed by atoms with Crippen LogP contribution in [0.2, 0.25) is 0 Å². The highest BCUT2D eigenvalue weighted by atomic mass is 16.7. The van der Waals surface area contributed by atoms with E-state index < -0.39 is 49.5 Å². The molecule has 7 unspecified atom stereocenters. The lowest BCUT2D eigenvalue weighted by Crippen LogP contribution is -2.60. The van der Waals surface area contributed by atoms with E-state index in [1.54, 1.807) is 6.08 Å². The van der Waals surface area contributed by atoms with Crippen molar-refractivity contribution >= 4 is 5.91 Å². The number of aliphatic hydroxyl groups is 5. The number of ether oxygens (including phenoxy) is 2. The minimum Gasteiger partial charge on any atom is -0.394 e. The van der Waals surface area contributed by atoms with Gasteiger partial charge in [0.1, 0.15) is 24.4 Å². The van der Waals surface area contributed by atoms with Gasteiger partial charge in [-0.25, -0.2) is 0 Å². The van der Waals surface area contributed by atoms with Crippen LogP contribution in [-0.4, -0.2) is 87.5 Å². The Kier molecular flexibility index (Phi) is 69.2. The van der Waals surface area contributed by atoms with Crippen molar-refractivity contribution in [1.82, 2.24) is 5.32 Å². The van der Waals surface area contributed by atoms with Crippen molar-refractivity contribution < 1.29 is 39.8 Å². The number of rotatable bonds is 69. The zero-order chi connectivity index (χ0) is 69.2. The molecular weight excluding hydrogens is 1190 g/mol. The first kappa shape index (κ1) is 90.1. The van der Waals surface area contributed by atoms with E-state index >= 15 is 0 Å². The number of unbranched alkanes of at least 4 members (excludes halogenated alkanes) is 37. The van der Waals surface area contributed by atoms with E-state index in [0.717, 1.165) is 122 Å². The van der Waals surface area contributed by atoms with Crippen LogP contribution in [0.25, 0.3) is 0 Å². The number of hydrogen-bond donors (Lipinski definition) is 6. The summed E-state index contributed by atoms with van der Waals surface area (Å²) < 4.78 is 11.3. The number of allylic oxidation sites excluding steroid dienone is 23. The highest BCUT2D eigenvalue weighted by Gasteiger charge is 2.44. The van der Waals surface area contributed by atoms with Crippen molar-refractivity contribution in [3.63, 3.8) is 0 Å². The van der Waals surface area contributed by atoms with Crippen LogP contribution in [0.1, 0.15) is 341 Å². The largest absolute Gasteiger partial charge is 0.394 e. The Labute approximate surface area is 591 Å². The zero-order valence-corrected chi connectivity index (χ0v) is 61.8. The van der Waals surface area contributed by atoms with Crippen LogP contribution < -0.4 is 5.32 Å². The molecule has 1 amide bonds. The van der Waals surface area contributed by atoms with Crippen LogP contribution >= 0.6 is 0 Å². The van der Waals surface area contributed by atoms with E-state index in [2.05, 4.69) is 153 Å². The molecule has 96 heavy (non-hydrogen) atoms. The van der Waals surface area contributed by atoms with Gasteiger partial charge in [0.2, 0.25) is 5.91 Å². The summed E-state index contributed by atoms with van der Waals surface area (Å²) in [5.41, 5.74) is 0. The Morgan fingerprint density at radius 1 is 0.365 bits per heavy atom. The van der Waals surface area contributed by atoms with Crippen LogP contribution in [-0.2, 0) is 14.3 Å². The van der Waals surface area contributed by atoms with Crippen LogP contribution in [0, 0.1) is 0 Å². The summed E-state index contributed by atoms with van der Waals surface area (Å²) in [4.78, 5) is 13.2. The second-order valence-electron chi connectivity index (χ2n) is 27.1. The Morgan fingerprint density at radius 2 is 0.646 bits per heavy atom. The molecule has 550 valence electrons. The van der Waals surface area contributed by atoms with E-state index in [-0.39, 0.29) is 12.5 Å². The summed E-state index contributed by atoms with van der Waals surface area (Å²) in [7, 11) is 0. The summed E-state index contributed by atoms with van der Waals surface area (Å²) in [5, 5.41) is 54.9. The molecule has 0 radical (unpaired) electrons. The Bertz CT molecular complexity index is 2040. The van der Waals surface area contributed by atoms with Gasteiger partial charge in [-0.2, -0.15) is 0 Å². The quantitative estimate of drug-likeness (QED) is 0.0261. The smallest absolute Gasteiger partial charge is 0.220 e. The lowest BCUT2D eigenvalue weighted by Gasteiger charge is -2.40. The molecular formula is C87H149NO8. The van der Waals surface area contributed by atoms with Gasteiger partial charge in [0.05, 0.1) is 25.4 Å². The van der Waals surface area contributed by atoms with E-state index in [0.29, 0.717) is 6.42 Å². The van der Waals surface area contributed by atoms with E-state index in [1.807, 2.05) is 6.08 Å². The maximum absolute atomic E-state index is 13.2. The van der Waals surface area contributed by atoms with Crippen LogP contribution in [0.3, 0.4) is 0 Å². The van der Waals surface area contributed by atoms with Gasteiger partial charge in [0, 0.05) is 6.42 Å². The average molecular weight is 1340 g/mol. The Morgan fingerprint density at radius 3 is 0.958 bits per heavy atom. The number of carbonyl (C=O) groups is 1. The SMILES string of the molecule is CC/C=C\C/C=C\C/C=C\C/C=C\C/C=C\C/C=C\C/C=C\C/C=C\C/C=C\C/C=C\C/C=C\CCCCCCCCCC(=O)NC(COC1OC(CO)C(O)C(O)C1O)C(O)/C=C/CCCCCCCCCCCCCCCCCCCCCCCCCCCCCCCC. The van der Waals surface area contributed by atoms with E-state index in [4.69, 9.17) is 9.47 Å². The standard InChI is InChI=1S/C87H149NO8/c1-3-5-7-9-11-13-15-17-19-21-23-25-27-29-31-33-35-37-38-39-40-41-42-43-44-45-47-49-51-53-55-57-59-61-63-65-67-69-71-73-75-77-83(91)88-80(79-95-87-86(94)85(93)84(92)82(78-89)96-87)81(90)76-74-72-70-68-66-64-62-60-58-56-54-52-50-48-46-36-34-32-30-28-26-24-22-20-18-16-14-12-10-8-6-4-2/h5,7,11,13,17,19,23,25,29,31,35,37,39-40,42-43,45,47,51,53,57,59,74,76,80-82,84-87,89-90,92-94H,3-4,6,8-10,12,14-16,18,20-22,24,26-28,30,32-34,36,38,41,44,46,48-50,52,54-56,58,60-73,75,77-79H2,1-2H3,(H,88,91)/b7-5-,13-11-,19-17-,25-23-,31-29-,37-35-,40-39-,43-42-,47-45-,53-51-,59-57-,76-74+. The monoisotopic (exact) mass is 1340 g/mol. The summed E-state index contributed by atoms with van der Waals surface area (Å²) in [6, 6.07) is -0.824. The fourth-order valence-electron chi connectivity index (χ4n) is 12.0. The number of nitrogens with one attached hydrogen (secondary N) is 1. The summed E-state index contributed by atoms with van der Waals surface area (Å²) in [6.07, 6.45) is 107. The predicted octanol–water partition coefficient (Wildman–Crippen LogP) is 23.3. The molecule has 9 nitrogen and oxygen atoms in total. The molecule has 0 spiro atoms. The van der Waals surface area contributed by atoms with E-state index in [1.165, 1.54) is 199 Å². The molecule has 0 aromatic rings. The van der Waals surface area contributed by atoms with Gasteiger partial charge in [-0.1, -0.05) is 378 Å². The molecule has 1 fully saturated rings. The van der Waals surface area contributed by atoms with E-state index in [9.17, 15) is 30.3 Å². The fraction of sp³-hybridized carbons (Fsp3) is 0.713. The normalized spacial score (nSPS) is 18.3. The maximum Gasteiger partial charge on any atom is 0.220 e. The number of hydrogen-bond acceptors (Lipinski definition) is 8. The molecule has 0 aromatic carbocycles. The molecule has 1 aliphatic heterocycles. The number of amides is 1. The molecule has 0 saturated carbocycles. The molecule has 0 bridgehead atoms.